The Hall–Kier alpha value is -2.03. The van der Waals surface area contributed by atoms with Crippen LogP contribution in [-0.4, -0.2) is 16.2 Å². The van der Waals surface area contributed by atoms with E-state index in [1.54, 1.807) is 25.1 Å². The average molecular weight is 230 g/mol. The summed E-state index contributed by atoms with van der Waals surface area (Å²) in [4.78, 5) is 10.9. The van der Waals surface area contributed by atoms with Crippen molar-refractivity contribution in [2.45, 2.75) is 19.8 Å². The molecule has 0 heterocycles. The minimum Gasteiger partial charge on any atom is -0.508 e. The minimum atomic E-state index is -0.833. The second-order valence-corrected chi connectivity index (χ2v) is 4.25. The van der Waals surface area contributed by atoms with E-state index in [1.165, 1.54) is 0 Å². The Morgan fingerprint density at radius 2 is 1.94 bits per heavy atom. The average Bonchev–Trinajstić information content (AvgIpc) is 2.32. The number of carboxylic acids is 1. The molecule has 0 amide bonds. The Morgan fingerprint density at radius 3 is 2.59 bits per heavy atom. The molecule has 0 radical (unpaired) electrons. The Kier molecular flexibility index (Phi) is 2.76. The number of carboxylic acid groups (broad SMARTS) is 1. The van der Waals surface area contributed by atoms with Gasteiger partial charge in [-0.2, -0.15) is 0 Å². The number of rotatable bonds is 2. The molecule has 17 heavy (non-hydrogen) atoms. The first kappa shape index (κ1) is 11.5. The lowest BCUT2D eigenvalue weighted by Crippen LogP contribution is -2.07. The highest BCUT2D eigenvalue weighted by Crippen LogP contribution is 2.28. The molecule has 2 rings (SSSR count). The van der Waals surface area contributed by atoms with Crippen LogP contribution in [0.5, 0.6) is 5.75 Å². The smallest absolute Gasteiger partial charge is 0.310 e. The van der Waals surface area contributed by atoms with Gasteiger partial charge in [-0.3, -0.25) is 4.79 Å². The fraction of sp³-hybridized carbons (Fsp3) is 0.214. The molecule has 1 atom stereocenters. The number of hydrogen-bond acceptors (Lipinski definition) is 2. The first-order valence-corrected chi connectivity index (χ1v) is 5.45. The molecule has 0 aliphatic heterocycles. The van der Waals surface area contributed by atoms with Crippen molar-refractivity contribution in [3.05, 3.63) is 41.5 Å². The van der Waals surface area contributed by atoms with E-state index in [9.17, 15) is 9.90 Å². The number of aryl methyl sites for hydroxylation is 1. The van der Waals surface area contributed by atoms with Gasteiger partial charge in [0.2, 0.25) is 0 Å². The van der Waals surface area contributed by atoms with E-state index in [4.69, 9.17) is 5.11 Å². The Labute approximate surface area is 99.3 Å². The maximum atomic E-state index is 10.9. The molecule has 0 spiro atoms. The molecule has 88 valence electrons. The standard InChI is InChI=1S/C14H14O3/c1-8(14(16)17)10-3-5-12-9(2)13(15)6-4-11(12)7-10/h3-8,15H,1-2H3,(H,16,17). The number of carbonyl (C=O) groups is 1. The Balaban J connectivity index is 2.60. The molecule has 0 fully saturated rings. The van der Waals surface area contributed by atoms with Gasteiger partial charge in [0.05, 0.1) is 5.92 Å². The zero-order valence-corrected chi connectivity index (χ0v) is 9.77. The summed E-state index contributed by atoms with van der Waals surface area (Å²) >= 11 is 0. The summed E-state index contributed by atoms with van der Waals surface area (Å²) in [6.45, 7) is 3.51. The highest BCUT2D eigenvalue weighted by atomic mass is 16.4. The zero-order valence-electron chi connectivity index (χ0n) is 9.77. The predicted octanol–water partition coefficient (Wildman–Crippen LogP) is 3.04. The maximum absolute atomic E-state index is 10.9. The first-order chi connectivity index (χ1) is 8.00. The molecule has 3 nitrogen and oxygen atoms in total. The number of hydrogen-bond donors (Lipinski definition) is 2. The van der Waals surface area contributed by atoms with Crippen LogP contribution in [0.4, 0.5) is 0 Å². The molecule has 0 saturated heterocycles. The van der Waals surface area contributed by atoms with Gasteiger partial charge in [0.1, 0.15) is 5.75 Å². The number of phenolic OH excluding ortho intramolecular Hbond substituents is 1. The third kappa shape index (κ3) is 1.96. The lowest BCUT2D eigenvalue weighted by atomic mass is 9.96. The van der Waals surface area contributed by atoms with E-state index in [1.807, 2.05) is 19.1 Å². The van der Waals surface area contributed by atoms with Crippen LogP contribution in [0.2, 0.25) is 0 Å². The van der Waals surface area contributed by atoms with Gasteiger partial charge >= 0.3 is 5.97 Å². The number of aliphatic carboxylic acids is 1. The lowest BCUT2D eigenvalue weighted by molar-refractivity contribution is -0.138. The fourth-order valence-electron chi connectivity index (χ4n) is 1.90. The summed E-state index contributed by atoms with van der Waals surface area (Å²) < 4.78 is 0. The predicted molar refractivity (Wildman–Crippen MR) is 66.4 cm³/mol. The van der Waals surface area contributed by atoms with Crippen LogP contribution in [0.1, 0.15) is 24.0 Å². The van der Waals surface area contributed by atoms with Crippen LogP contribution in [0.15, 0.2) is 30.3 Å². The normalized spacial score (nSPS) is 12.6. The number of benzene rings is 2. The largest absolute Gasteiger partial charge is 0.508 e. The summed E-state index contributed by atoms with van der Waals surface area (Å²) in [6.07, 6.45) is 0. The molecular weight excluding hydrogens is 216 g/mol. The van der Waals surface area contributed by atoms with E-state index >= 15 is 0 Å². The number of aromatic hydroxyl groups is 1. The molecule has 2 N–H and O–H groups in total. The Morgan fingerprint density at radius 1 is 1.24 bits per heavy atom. The monoisotopic (exact) mass is 230 g/mol. The van der Waals surface area contributed by atoms with Crippen LogP contribution >= 0.6 is 0 Å². The van der Waals surface area contributed by atoms with E-state index < -0.39 is 11.9 Å². The van der Waals surface area contributed by atoms with Gasteiger partial charge in [-0.1, -0.05) is 24.3 Å². The molecule has 0 aromatic heterocycles. The number of fused-ring (bicyclic) bond motifs is 1. The molecule has 3 heteroatoms. The van der Waals surface area contributed by atoms with Crippen LogP contribution in [0, 0.1) is 6.92 Å². The maximum Gasteiger partial charge on any atom is 0.310 e. The van der Waals surface area contributed by atoms with Crippen molar-refractivity contribution in [3.8, 4) is 5.75 Å². The van der Waals surface area contributed by atoms with Crippen molar-refractivity contribution in [1.29, 1.82) is 0 Å². The highest BCUT2D eigenvalue weighted by Gasteiger charge is 2.14. The molecule has 0 aliphatic carbocycles. The van der Waals surface area contributed by atoms with Gasteiger partial charge in [-0.05, 0) is 41.8 Å². The molecule has 1 unspecified atom stereocenters. The Bertz CT molecular complexity index is 587. The van der Waals surface area contributed by atoms with E-state index in [2.05, 4.69) is 0 Å². The van der Waals surface area contributed by atoms with Gasteiger partial charge in [0.25, 0.3) is 0 Å². The van der Waals surface area contributed by atoms with Crippen molar-refractivity contribution in [3.63, 3.8) is 0 Å². The van der Waals surface area contributed by atoms with Crippen LogP contribution in [-0.2, 0) is 4.79 Å². The van der Waals surface area contributed by atoms with Crippen LogP contribution in [0.3, 0.4) is 0 Å². The van der Waals surface area contributed by atoms with Gasteiger partial charge in [0.15, 0.2) is 0 Å². The quantitative estimate of drug-likeness (QED) is 0.833. The van der Waals surface area contributed by atoms with Crippen molar-refractivity contribution >= 4 is 16.7 Å². The van der Waals surface area contributed by atoms with Crippen molar-refractivity contribution < 1.29 is 15.0 Å². The van der Waals surface area contributed by atoms with Crippen molar-refractivity contribution in [1.82, 2.24) is 0 Å². The van der Waals surface area contributed by atoms with E-state index in [0.29, 0.717) is 0 Å². The highest BCUT2D eigenvalue weighted by molar-refractivity contribution is 5.89. The molecule has 0 bridgehead atoms. The molecular formula is C14H14O3. The second kappa shape index (κ2) is 4.09. The van der Waals surface area contributed by atoms with Crippen LogP contribution in [0.25, 0.3) is 10.8 Å². The SMILES string of the molecule is Cc1c(O)ccc2cc(C(C)C(=O)O)ccc12. The lowest BCUT2D eigenvalue weighted by Gasteiger charge is -2.10. The summed E-state index contributed by atoms with van der Waals surface area (Å²) in [5.41, 5.74) is 1.59. The third-order valence-corrected chi connectivity index (χ3v) is 3.16. The summed E-state index contributed by atoms with van der Waals surface area (Å²) in [7, 11) is 0. The molecule has 2 aromatic carbocycles. The summed E-state index contributed by atoms with van der Waals surface area (Å²) in [5, 5.41) is 20.5. The minimum absolute atomic E-state index is 0.261. The molecule has 2 aromatic rings. The topological polar surface area (TPSA) is 57.5 Å². The number of phenols is 1. The first-order valence-electron chi connectivity index (χ1n) is 5.45. The molecule has 0 saturated carbocycles. The summed E-state index contributed by atoms with van der Waals surface area (Å²) in [5.74, 6) is -1.09. The molecule has 0 aliphatic rings. The summed E-state index contributed by atoms with van der Waals surface area (Å²) in [6, 6.07) is 8.95. The fourth-order valence-corrected chi connectivity index (χ4v) is 1.90. The van der Waals surface area contributed by atoms with Gasteiger partial charge in [-0.15, -0.1) is 0 Å². The second-order valence-electron chi connectivity index (χ2n) is 4.25. The van der Waals surface area contributed by atoms with E-state index in [0.717, 1.165) is 21.9 Å². The van der Waals surface area contributed by atoms with Crippen molar-refractivity contribution in [2.75, 3.05) is 0 Å². The van der Waals surface area contributed by atoms with Crippen LogP contribution < -0.4 is 0 Å². The van der Waals surface area contributed by atoms with Gasteiger partial charge in [-0.25, -0.2) is 0 Å². The van der Waals surface area contributed by atoms with Gasteiger partial charge < -0.3 is 10.2 Å². The van der Waals surface area contributed by atoms with Gasteiger partial charge in [0, 0.05) is 0 Å². The zero-order chi connectivity index (χ0) is 12.6. The van der Waals surface area contributed by atoms with E-state index in [-0.39, 0.29) is 5.75 Å². The third-order valence-electron chi connectivity index (χ3n) is 3.16. The van der Waals surface area contributed by atoms with Crippen molar-refractivity contribution in [2.24, 2.45) is 0 Å².